The predicted octanol–water partition coefficient (Wildman–Crippen LogP) is 3.12. The van der Waals surface area contributed by atoms with Crippen molar-refractivity contribution in [3.05, 3.63) is 58.8 Å². The molecule has 1 fully saturated rings. The molecule has 1 amide bonds. The van der Waals surface area contributed by atoms with Crippen LogP contribution in [-0.4, -0.2) is 55.3 Å². The number of aromatic nitrogens is 2. The topological polar surface area (TPSA) is 68.5 Å². The first-order valence-electron chi connectivity index (χ1n) is 10.9. The van der Waals surface area contributed by atoms with Crippen LogP contribution in [0.15, 0.2) is 53.2 Å². The van der Waals surface area contributed by atoms with Crippen LogP contribution in [0, 0.1) is 0 Å². The van der Waals surface area contributed by atoms with Crippen LogP contribution in [0.25, 0.3) is 32.2 Å². The van der Waals surface area contributed by atoms with E-state index in [4.69, 9.17) is 14.7 Å². The molecule has 1 aliphatic rings. The first-order valence-corrected chi connectivity index (χ1v) is 12.6. The number of nitrogens with one attached hydrogen (secondary N) is 2. The van der Waals surface area contributed by atoms with Crippen LogP contribution in [0.3, 0.4) is 0 Å². The highest BCUT2D eigenvalue weighted by molar-refractivity contribution is 7.14. The fourth-order valence-electron chi connectivity index (χ4n) is 3.92. The van der Waals surface area contributed by atoms with Crippen LogP contribution in [-0.2, 0) is 4.74 Å². The summed E-state index contributed by atoms with van der Waals surface area (Å²) in [6.07, 6.45) is 0.959. The fraction of sp³-hybridized carbons (Fsp3) is 0.292. The number of fused-ring (bicyclic) bond motifs is 1. The summed E-state index contributed by atoms with van der Waals surface area (Å²) in [6.45, 7) is 5.50. The smallest absolute Gasteiger partial charge is 0.251 e. The minimum atomic E-state index is -0.0642. The number of morpholine rings is 1. The Morgan fingerprint density at radius 2 is 1.66 bits per heavy atom. The minimum absolute atomic E-state index is 0.0642. The number of thiophene rings is 2. The van der Waals surface area contributed by atoms with Crippen molar-refractivity contribution in [2.75, 3.05) is 39.4 Å². The molecule has 6 nitrogen and oxygen atoms in total. The number of nitrogens with zero attached hydrogens (tertiary/aromatic N) is 2. The van der Waals surface area contributed by atoms with Gasteiger partial charge < -0.3 is 15.0 Å². The second kappa shape index (κ2) is 9.87. The third-order valence-corrected chi connectivity index (χ3v) is 7.38. The molecule has 1 aliphatic heterocycles. The van der Waals surface area contributed by atoms with Gasteiger partial charge in [0, 0.05) is 18.5 Å². The summed E-state index contributed by atoms with van der Waals surface area (Å²) in [6, 6.07) is 13.8. The van der Waals surface area contributed by atoms with Crippen molar-refractivity contribution in [2.45, 2.75) is 6.42 Å². The maximum Gasteiger partial charge on any atom is 0.251 e. The molecule has 0 saturated carbocycles. The zero-order chi connectivity index (χ0) is 21.8. The molecule has 1 aromatic carbocycles. The van der Waals surface area contributed by atoms with E-state index < -0.39 is 0 Å². The van der Waals surface area contributed by atoms with E-state index in [9.17, 15) is 4.79 Å². The van der Waals surface area contributed by atoms with E-state index in [0.29, 0.717) is 12.1 Å². The van der Waals surface area contributed by atoms with Crippen LogP contribution in [0.4, 0.5) is 0 Å². The third kappa shape index (κ3) is 4.73. The Morgan fingerprint density at radius 1 is 0.969 bits per heavy atom. The largest absolute Gasteiger partial charge is 0.370 e. The third-order valence-electron chi connectivity index (χ3n) is 5.63. The van der Waals surface area contributed by atoms with Gasteiger partial charge in [0.05, 0.1) is 40.5 Å². The summed E-state index contributed by atoms with van der Waals surface area (Å²) >= 11 is 3.30. The Bertz CT molecular complexity index is 1190. The number of rotatable bonds is 7. The maximum atomic E-state index is 12.7. The summed E-state index contributed by atoms with van der Waals surface area (Å²) in [5.41, 5.74) is 3.89. The van der Waals surface area contributed by atoms with E-state index in [0.717, 1.165) is 71.4 Å². The second-order valence-corrected chi connectivity index (χ2v) is 9.70. The van der Waals surface area contributed by atoms with Crippen LogP contribution in [0.2, 0.25) is 0 Å². The fourth-order valence-corrected chi connectivity index (χ4v) is 5.35. The molecule has 2 N–H and O–H groups in total. The molecule has 0 spiro atoms. The molecular weight excluding hydrogens is 440 g/mol. The molecule has 0 atom stereocenters. The molecule has 4 aromatic rings. The number of carbonyl (C=O) groups excluding carboxylic acids is 1. The SMILES string of the molecule is O=C(NCCC[NH+]1CCOCC1)c1ccc2nc(-c3cccs3)c(-c3cccs3)nc2c1. The Labute approximate surface area is 194 Å². The predicted molar refractivity (Wildman–Crippen MR) is 129 cm³/mol. The summed E-state index contributed by atoms with van der Waals surface area (Å²) in [4.78, 5) is 26.3. The van der Waals surface area contributed by atoms with E-state index >= 15 is 0 Å². The molecule has 3 aromatic heterocycles. The Kier molecular flexibility index (Phi) is 6.54. The molecule has 4 heterocycles. The van der Waals surface area contributed by atoms with Crippen molar-refractivity contribution in [2.24, 2.45) is 0 Å². The molecular formula is C24H25N4O2S2+. The molecule has 0 radical (unpaired) electrons. The summed E-state index contributed by atoms with van der Waals surface area (Å²) in [7, 11) is 0. The van der Waals surface area contributed by atoms with Gasteiger partial charge >= 0.3 is 0 Å². The van der Waals surface area contributed by atoms with Gasteiger partial charge in [-0.2, -0.15) is 0 Å². The molecule has 1 saturated heterocycles. The van der Waals surface area contributed by atoms with Crippen molar-refractivity contribution in [1.29, 1.82) is 0 Å². The first-order chi connectivity index (χ1) is 15.8. The van der Waals surface area contributed by atoms with Crippen molar-refractivity contribution >= 4 is 39.6 Å². The van der Waals surface area contributed by atoms with Crippen molar-refractivity contribution in [3.63, 3.8) is 0 Å². The van der Waals surface area contributed by atoms with Crippen LogP contribution in [0.1, 0.15) is 16.8 Å². The Hall–Kier alpha value is -2.65. The lowest BCUT2D eigenvalue weighted by atomic mass is 10.1. The van der Waals surface area contributed by atoms with Gasteiger partial charge in [-0.25, -0.2) is 9.97 Å². The molecule has 8 heteroatoms. The van der Waals surface area contributed by atoms with Gasteiger partial charge in [-0.3, -0.25) is 4.79 Å². The lowest BCUT2D eigenvalue weighted by Crippen LogP contribution is -3.14. The first kappa shape index (κ1) is 21.2. The number of amides is 1. The zero-order valence-corrected chi connectivity index (χ0v) is 19.3. The van der Waals surface area contributed by atoms with Gasteiger partial charge in [0.15, 0.2) is 0 Å². The lowest BCUT2D eigenvalue weighted by Gasteiger charge is -2.23. The average Bonchev–Trinajstić information content (AvgIpc) is 3.56. The average molecular weight is 466 g/mol. The molecule has 164 valence electrons. The maximum absolute atomic E-state index is 12.7. The van der Waals surface area contributed by atoms with E-state index in [1.807, 2.05) is 41.1 Å². The quantitative estimate of drug-likeness (QED) is 0.412. The van der Waals surface area contributed by atoms with Gasteiger partial charge in [-0.1, -0.05) is 12.1 Å². The summed E-state index contributed by atoms with van der Waals surface area (Å²) in [5, 5.41) is 7.14. The number of ether oxygens (including phenoxy) is 1. The number of carbonyl (C=O) groups is 1. The number of hydrogen-bond acceptors (Lipinski definition) is 6. The molecule has 0 bridgehead atoms. The zero-order valence-electron chi connectivity index (χ0n) is 17.7. The highest BCUT2D eigenvalue weighted by Gasteiger charge is 2.17. The second-order valence-electron chi connectivity index (χ2n) is 7.80. The van der Waals surface area contributed by atoms with Crippen molar-refractivity contribution < 1.29 is 14.4 Å². The number of benzene rings is 1. The minimum Gasteiger partial charge on any atom is -0.370 e. The summed E-state index contributed by atoms with van der Waals surface area (Å²) in [5.74, 6) is -0.0642. The molecule has 5 rings (SSSR count). The molecule has 32 heavy (non-hydrogen) atoms. The van der Waals surface area contributed by atoms with E-state index in [2.05, 4.69) is 17.4 Å². The Balaban J connectivity index is 1.34. The highest BCUT2D eigenvalue weighted by atomic mass is 32.1. The van der Waals surface area contributed by atoms with E-state index in [1.165, 1.54) is 0 Å². The number of hydrogen-bond donors (Lipinski definition) is 2. The van der Waals surface area contributed by atoms with Crippen molar-refractivity contribution in [3.8, 4) is 21.1 Å². The monoisotopic (exact) mass is 465 g/mol. The van der Waals surface area contributed by atoms with Crippen LogP contribution >= 0.6 is 22.7 Å². The van der Waals surface area contributed by atoms with Gasteiger partial charge in [0.2, 0.25) is 0 Å². The molecule has 0 unspecified atom stereocenters. The standard InChI is InChI=1S/C24H24N4O2S2/c29-24(25-8-3-9-28-10-12-30-13-11-28)17-6-7-18-19(16-17)27-23(21-5-2-15-32-21)22(26-18)20-4-1-14-31-20/h1-2,4-7,14-16H,3,8-13H2,(H,25,29)/p+1. The Morgan fingerprint density at radius 3 is 2.31 bits per heavy atom. The van der Waals surface area contributed by atoms with Crippen LogP contribution < -0.4 is 10.2 Å². The van der Waals surface area contributed by atoms with Gasteiger partial charge in [0.1, 0.15) is 24.5 Å². The van der Waals surface area contributed by atoms with Gasteiger partial charge in [-0.15, -0.1) is 22.7 Å². The van der Waals surface area contributed by atoms with Gasteiger partial charge in [-0.05, 0) is 41.1 Å². The van der Waals surface area contributed by atoms with Crippen LogP contribution in [0.5, 0.6) is 0 Å². The number of quaternary nitrogens is 1. The van der Waals surface area contributed by atoms with E-state index in [1.54, 1.807) is 27.6 Å². The summed E-state index contributed by atoms with van der Waals surface area (Å²) < 4.78 is 5.40. The van der Waals surface area contributed by atoms with Gasteiger partial charge in [0.25, 0.3) is 5.91 Å². The van der Waals surface area contributed by atoms with E-state index in [-0.39, 0.29) is 5.91 Å². The lowest BCUT2D eigenvalue weighted by molar-refractivity contribution is -0.908. The van der Waals surface area contributed by atoms with Crippen molar-refractivity contribution in [1.82, 2.24) is 15.3 Å². The normalized spacial score (nSPS) is 14.6. The molecule has 0 aliphatic carbocycles. The highest BCUT2D eigenvalue weighted by Crippen LogP contribution is 2.35.